The zero-order chi connectivity index (χ0) is 10.4. The summed E-state index contributed by atoms with van der Waals surface area (Å²) in [4.78, 5) is 32.0. The van der Waals surface area contributed by atoms with E-state index in [1.807, 2.05) is 5.32 Å². The normalized spacial score (nSPS) is 11.3. The molecule has 1 atom stereocenters. The van der Waals surface area contributed by atoms with E-state index in [0.717, 1.165) is 0 Å². The van der Waals surface area contributed by atoms with Crippen LogP contribution in [0.3, 0.4) is 0 Å². The van der Waals surface area contributed by atoms with Gasteiger partial charge in [0.2, 0.25) is 0 Å². The molecule has 0 saturated heterocycles. The highest BCUT2D eigenvalue weighted by Crippen LogP contribution is 1.90. The fourth-order valence-corrected chi connectivity index (χ4v) is 0.578. The third-order valence-corrected chi connectivity index (χ3v) is 1.18. The molecule has 3 amide bonds. The van der Waals surface area contributed by atoms with E-state index < -0.39 is 24.0 Å². The number of hydrogen-bond donors (Lipinski definition) is 2. The van der Waals surface area contributed by atoms with Gasteiger partial charge in [-0.2, -0.15) is 0 Å². The predicted molar refractivity (Wildman–Crippen MR) is 43.8 cm³/mol. The molecule has 0 fully saturated rings. The summed E-state index contributed by atoms with van der Waals surface area (Å²) in [6, 6.07) is -0.635. The molecule has 0 aliphatic heterocycles. The third kappa shape index (κ3) is 4.78. The maximum absolute atomic E-state index is 11.0. The number of esters is 1. The molecule has 1 unspecified atom stereocenters. The minimum Gasteiger partial charge on any atom is -0.453 e. The van der Waals surface area contributed by atoms with Gasteiger partial charge in [0.25, 0.3) is 5.91 Å². The van der Waals surface area contributed by atoms with Crippen molar-refractivity contribution in [1.29, 1.82) is 0 Å². The number of rotatable bonds is 2. The van der Waals surface area contributed by atoms with Gasteiger partial charge in [-0.05, 0) is 6.92 Å². The van der Waals surface area contributed by atoms with Crippen molar-refractivity contribution < 1.29 is 19.1 Å². The Morgan fingerprint density at radius 2 is 1.85 bits per heavy atom. The first-order valence-electron chi connectivity index (χ1n) is 3.67. The van der Waals surface area contributed by atoms with E-state index in [1.54, 1.807) is 0 Å². The molecule has 6 heteroatoms. The van der Waals surface area contributed by atoms with E-state index in [0.29, 0.717) is 0 Å². The number of hydrogen-bond acceptors (Lipinski definition) is 4. The SMILES string of the molecule is CNC(=O)NC(=O)C(C)OC(C)=O. The Labute approximate surface area is 75.6 Å². The van der Waals surface area contributed by atoms with Crippen molar-refractivity contribution in [1.82, 2.24) is 10.6 Å². The van der Waals surface area contributed by atoms with Crippen LogP contribution in [0.4, 0.5) is 4.79 Å². The highest BCUT2D eigenvalue weighted by molar-refractivity contribution is 5.96. The van der Waals surface area contributed by atoms with Crippen LogP contribution in [-0.2, 0) is 14.3 Å². The number of ether oxygens (including phenoxy) is 1. The van der Waals surface area contributed by atoms with Crippen molar-refractivity contribution in [3.63, 3.8) is 0 Å². The molecule has 2 N–H and O–H groups in total. The van der Waals surface area contributed by atoms with E-state index in [2.05, 4.69) is 10.1 Å². The van der Waals surface area contributed by atoms with Crippen molar-refractivity contribution >= 4 is 17.9 Å². The molecular weight excluding hydrogens is 176 g/mol. The predicted octanol–water partition coefficient (Wildman–Crippen LogP) is -0.606. The van der Waals surface area contributed by atoms with Crippen LogP contribution < -0.4 is 10.6 Å². The summed E-state index contributed by atoms with van der Waals surface area (Å²) in [7, 11) is 1.37. The second-order valence-corrected chi connectivity index (χ2v) is 2.32. The van der Waals surface area contributed by atoms with E-state index >= 15 is 0 Å². The van der Waals surface area contributed by atoms with Crippen LogP contribution in [0.5, 0.6) is 0 Å². The molecule has 0 heterocycles. The molecule has 0 bridgehead atoms. The van der Waals surface area contributed by atoms with Gasteiger partial charge in [0.1, 0.15) is 0 Å². The summed E-state index contributed by atoms with van der Waals surface area (Å²) >= 11 is 0. The number of imide groups is 1. The topological polar surface area (TPSA) is 84.5 Å². The number of amides is 3. The Hall–Kier alpha value is -1.59. The average molecular weight is 188 g/mol. The van der Waals surface area contributed by atoms with Gasteiger partial charge in [-0.25, -0.2) is 4.79 Å². The minimum absolute atomic E-state index is 0.570. The molecular formula is C7H12N2O4. The summed E-state index contributed by atoms with van der Waals surface area (Å²) < 4.78 is 4.53. The van der Waals surface area contributed by atoms with Crippen LogP contribution >= 0.6 is 0 Å². The molecule has 0 aliphatic carbocycles. The van der Waals surface area contributed by atoms with Gasteiger partial charge < -0.3 is 10.1 Å². The fourth-order valence-electron chi connectivity index (χ4n) is 0.578. The molecule has 0 aliphatic rings. The maximum Gasteiger partial charge on any atom is 0.321 e. The van der Waals surface area contributed by atoms with Gasteiger partial charge >= 0.3 is 12.0 Å². The first kappa shape index (κ1) is 11.4. The molecule has 0 radical (unpaired) electrons. The monoisotopic (exact) mass is 188 g/mol. The second kappa shape index (κ2) is 5.13. The van der Waals surface area contributed by atoms with Gasteiger partial charge in [-0.3, -0.25) is 14.9 Å². The van der Waals surface area contributed by atoms with Gasteiger partial charge in [0.05, 0.1) is 0 Å². The van der Waals surface area contributed by atoms with E-state index in [-0.39, 0.29) is 0 Å². The number of urea groups is 1. The highest BCUT2D eigenvalue weighted by Gasteiger charge is 2.17. The summed E-state index contributed by atoms with van der Waals surface area (Å²) in [6.07, 6.45) is -0.963. The number of carbonyl (C=O) groups is 3. The van der Waals surface area contributed by atoms with E-state index in [4.69, 9.17) is 0 Å². The maximum atomic E-state index is 11.0. The average Bonchev–Trinajstić information content (AvgIpc) is 2.02. The molecule has 6 nitrogen and oxygen atoms in total. The van der Waals surface area contributed by atoms with Crippen molar-refractivity contribution in [3.05, 3.63) is 0 Å². The molecule has 0 aromatic heterocycles. The van der Waals surface area contributed by atoms with Gasteiger partial charge in [0, 0.05) is 14.0 Å². The van der Waals surface area contributed by atoms with Gasteiger partial charge in [-0.1, -0.05) is 0 Å². The number of nitrogens with one attached hydrogen (secondary N) is 2. The minimum atomic E-state index is -0.963. The second-order valence-electron chi connectivity index (χ2n) is 2.32. The largest absolute Gasteiger partial charge is 0.453 e. The summed E-state index contributed by atoms with van der Waals surface area (Å²) in [5.41, 5.74) is 0. The van der Waals surface area contributed by atoms with Crippen LogP contribution in [0.1, 0.15) is 13.8 Å². The smallest absolute Gasteiger partial charge is 0.321 e. The van der Waals surface area contributed by atoms with Crippen molar-refractivity contribution in [2.75, 3.05) is 7.05 Å². The molecule has 0 aromatic carbocycles. The molecule has 74 valence electrons. The van der Waals surface area contributed by atoms with Crippen LogP contribution in [0.15, 0.2) is 0 Å². The lowest BCUT2D eigenvalue weighted by atomic mass is 10.4. The Morgan fingerprint density at radius 3 is 2.23 bits per heavy atom. The quantitative estimate of drug-likeness (QED) is 0.566. The van der Waals surface area contributed by atoms with Crippen LogP contribution in [-0.4, -0.2) is 31.1 Å². The molecule has 0 rings (SSSR count). The molecule has 0 spiro atoms. The zero-order valence-corrected chi connectivity index (χ0v) is 7.71. The van der Waals surface area contributed by atoms with Crippen LogP contribution in [0.2, 0.25) is 0 Å². The van der Waals surface area contributed by atoms with E-state index in [9.17, 15) is 14.4 Å². The Morgan fingerprint density at radius 1 is 1.31 bits per heavy atom. The fraction of sp³-hybridized carbons (Fsp3) is 0.571. The molecule has 13 heavy (non-hydrogen) atoms. The Kier molecular flexibility index (Phi) is 4.50. The van der Waals surface area contributed by atoms with Gasteiger partial charge in [-0.15, -0.1) is 0 Å². The highest BCUT2D eigenvalue weighted by atomic mass is 16.5. The number of carbonyl (C=O) groups excluding carboxylic acids is 3. The lowest BCUT2D eigenvalue weighted by Gasteiger charge is -2.10. The van der Waals surface area contributed by atoms with Crippen LogP contribution in [0.25, 0.3) is 0 Å². The third-order valence-electron chi connectivity index (χ3n) is 1.18. The van der Waals surface area contributed by atoms with Gasteiger partial charge in [0.15, 0.2) is 6.10 Å². The Balaban J connectivity index is 3.96. The van der Waals surface area contributed by atoms with Crippen molar-refractivity contribution in [3.8, 4) is 0 Å². The molecule has 0 aromatic rings. The van der Waals surface area contributed by atoms with E-state index in [1.165, 1.54) is 20.9 Å². The van der Waals surface area contributed by atoms with Crippen LogP contribution in [0, 0.1) is 0 Å². The first-order chi connectivity index (χ1) is 5.97. The summed E-state index contributed by atoms with van der Waals surface area (Å²) in [6.45, 7) is 2.56. The summed E-state index contributed by atoms with van der Waals surface area (Å²) in [5.74, 6) is -1.23. The Bertz CT molecular complexity index is 227. The standard InChI is InChI=1S/C7H12N2O4/c1-4(13-5(2)10)6(11)9-7(12)8-3/h4H,1-3H3,(H2,8,9,11,12). The zero-order valence-electron chi connectivity index (χ0n) is 7.71. The lowest BCUT2D eigenvalue weighted by molar-refractivity contribution is -0.152. The van der Waals surface area contributed by atoms with Crippen molar-refractivity contribution in [2.45, 2.75) is 20.0 Å². The lowest BCUT2D eigenvalue weighted by Crippen LogP contribution is -2.43. The molecule has 0 saturated carbocycles. The van der Waals surface area contributed by atoms with Crippen molar-refractivity contribution in [2.24, 2.45) is 0 Å². The first-order valence-corrected chi connectivity index (χ1v) is 3.67. The summed E-state index contributed by atoms with van der Waals surface area (Å²) in [5, 5.41) is 4.16.